The molecule has 0 N–H and O–H groups in total. The van der Waals surface area contributed by atoms with Crippen molar-refractivity contribution in [2.24, 2.45) is 7.05 Å². The van der Waals surface area contributed by atoms with Gasteiger partial charge in [-0.2, -0.15) is 9.97 Å². The lowest BCUT2D eigenvalue weighted by atomic mass is 10.2. The van der Waals surface area contributed by atoms with Crippen molar-refractivity contribution in [3.8, 4) is 23.0 Å². The Morgan fingerprint density at radius 2 is 1.81 bits per heavy atom. The number of para-hydroxylation sites is 1. The summed E-state index contributed by atoms with van der Waals surface area (Å²) >= 11 is 0. The first-order valence-corrected chi connectivity index (χ1v) is 11.2. The van der Waals surface area contributed by atoms with Crippen LogP contribution in [0.5, 0.6) is 11.8 Å². The lowest BCUT2D eigenvalue weighted by Crippen LogP contribution is -2.19. The maximum absolute atomic E-state index is 14.0. The molecule has 3 aromatic rings. The van der Waals surface area contributed by atoms with Crippen LogP contribution >= 0.6 is 0 Å². The van der Waals surface area contributed by atoms with Crippen LogP contribution in [0.3, 0.4) is 0 Å². The molecule has 7 nitrogen and oxygen atoms in total. The molecule has 0 fully saturated rings. The van der Waals surface area contributed by atoms with Crippen molar-refractivity contribution >= 4 is 9.84 Å². The van der Waals surface area contributed by atoms with E-state index in [-0.39, 0.29) is 16.9 Å². The number of pyridine rings is 1. The Morgan fingerprint density at radius 3 is 2.42 bits per heavy atom. The zero-order valence-corrected chi connectivity index (χ0v) is 18.0. The van der Waals surface area contributed by atoms with Gasteiger partial charge in [0.1, 0.15) is 0 Å². The van der Waals surface area contributed by atoms with E-state index in [1.165, 1.54) is 35.0 Å². The summed E-state index contributed by atoms with van der Waals surface area (Å²) < 4.78 is 59.8. The van der Waals surface area contributed by atoms with Crippen LogP contribution in [-0.4, -0.2) is 28.2 Å². The standard InChI is InChI=1S/C21H21F2N3O4S/c1-4-13(2)31(28,29)12-15-10-18(14-8-9-19(27)26(3)11-14)25-21(24-15)30-20-16(22)6-5-7-17(20)23/h5-11,13H,4,12H2,1-3H3/t13-/m0/s1. The molecule has 3 rings (SSSR count). The third-order valence-corrected chi connectivity index (χ3v) is 7.05. The van der Waals surface area contributed by atoms with Crippen LogP contribution in [0.15, 0.2) is 47.4 Å². The minimum absolute atomic E-state index is 0.103. The van der Waals surface area contributed by atoms with Crippen LogP contribution in [-0.2, 0) is 22.6 Å². The molecular formula is C21H21F2N3O4S. The first-order chi connectivity index (χ1) is 14.6. The molecule has 164 valence electrons. The Morgan fingerprint density at radius 1 is 1.13 bits per heavy atom. The van der Waals surface area contributed by atoms with E-state index in [0.717, 1.165) is 12.1 Å². The summed E-state index contributed by atoms with van der Waals surface area (Å²) in [6.45, 7) is 3.35. The van der Waals surface area contributed by atoms with E-state index in [2.05, 4.69) is 9.97 Å². The van der Waals surface area contributed by atoms with Gasteiger partial charge in [0, 0.05) is 24.9 Å². The number of nitrogens with zero attached hydrogens (tertiary/aromatic N) is 3. The maximum atomic E-state index is 14.0. The number of halogens is 2. The van der Waals surface area contributed by atoms with E-state index in [1.807, 2.05) is 0 Å². The average molecular weight is 449 g/mol. The normalized spacial score (nSPS) is 12.5. The van der Waals surface area contributed by atoms with Gasteiger partial charge in [0.05, 0.1) is 22.4 Å². The SMILES string of the molecule is CC[C@H](C)S(=O)(=O)Cc1cc(-c2ccc(=O)n(C)c2)nc(Oc2c(F)cccc2F)n1. The molecule has 0 bridgehead atoms. The summed E-state index contributed by atoms with van der Waals surface area (Å²) in [5.41, 5.74) is 0.574. The number of sulfone groups is 1. The number of aryl methyl sites for hydroxylation is 1. The Labute approximate surface area is 178 Å². The monoisotopic (exact) mass is 449 g/mol. The van der Waals surface area contributed by atoms with E-state index in [1.54, 1.807) is 20.9 Å². The minimum atomic E-state index is -3.53. The Kier molecular flexibility index (Phi) is 6.49. The van der Waals surface area contributed by atoms with Crippen LogP contribution in [0.4, 0.5) is 8.78 Å². The summed E-state index contributed by atoms with van der Waals surface area (Å²) in [6.07, 6.45) is 1.93. The summed E-state index contributed by atoms with van der Waals surface area (Å²) in [6, 6.07) is 7.08. The van der Waals surface area contributed by atoms with Crippen molar-refractivity contribution in [2.45, 2.75) is 31.3 Å². The highest BCUT2D eigenvalue weighted by atomic mass is 32.2. The lowest BCUT2D eigenvalue weighted by molar-refractivity contribution is 0.381. The van der Waals surface area contributed by atoms with Crippen LogP contribution in [0.25, 0.3) is 11.3 Å². The highest BCUT2D eigenvalue weighted by Crippen LogP contribution is 2.28. The highest BCUT2D eigenvalue weighted by Gasteiger charge is 2.22. The van der Waals surface area contributed by atoms with Gasteiger partial charge >= 0.3 is 6.01 Å². The fourth-order valence-electron chi connectivity index (χ4n) is 2.76. The second-order valence-electron chi connectivity index (χ2n) is 7.07. The fraction of sp³-hybridized carbons (Fsp3) is 0.286. The minimum Gasteiger partial charge on any atom is -0.418 e. The third-order valence-electron chi connectivity index (χ3n) is 4.79. The van der Waals surface area contributed by atoms with Crippen LogP contribution in [0, 0.1) is 11.6 Å². The third kappa shape index (κ3) is 5.13. The van der Waals surface area contributed by atoms with Crippen LogP contribution < -0.4 is 10.3 Å². The van der Waals surface area contributed by atoms with Gasteiger partial charge in [0.25, 0.3) is 0 Å². The molecule has 1 atom stereocenters. The van der Waals surface area contributed by atoms with Gasteiger partial charge in [-0.15, -0.1) is 0 Å². The van der Waals surface area contributed by atoms with Crippen LogP contribution in [0.2, 0.25) is 0 Å². The quantitative estimate of drug-likeness (QED) is 0.547. The summed E-state index contributed by atoms with van der Waals surface area (Å²) in [5.74, 6) is -3.01. The van der Waals surface area contributed by atoms with Gasteiger partial charge in [-0.1, -0.05) is 13.0 Å². The molecule has 0 aliphatic heterocycles. The van der Waals surface area contributed by atoms with Crippen molar-refractivity contribution in [2.75, 3.05) is 0 Å². The predicted octanol–water partition coefficient (Wildman–Crippen LogP) is 3.63. The topological polar surface area (TPSA) is 91.2 Å². The zero-order valence-electron chi connectivity index (χ0n) is 17.2. The second kappa shape index (κ2) is 8.93. The predicted molar refractivity (Wildman–Crippen MR) is 112 cm³/mol. The number of rotatable bonds is 7. The summed E-state index contributed by atoms with van der Waals surface area (Å²) in [7, 11) is -1.98. The molecule has 2 aromatic heterocycles. The molecule has 0 aliphatic carbocycles. The van der Waals surface area contributed by atoms with Gasteiger partial charge in [0.2, 0.25) is 11.3 Å². The molecule has 0 spiro atoms. The van der Waals surface area contributed by atoms with Crippen molar-refractivity contribution in [1.82, 2.24) is 14.5 Å². The highest BCUT2D eigenvalue weighted by molar-refractivity contribution is 7.91. The summed E-state index contributed by atoms with van der Waals surface area (Å²) in [5, 5.41) is -0.600. The molecule has 0 saturated heterocycles. The summed E-state index contributed by atoms with van der Waals surface area (Å²) in [4.78, 5) is 19.9. The van der Waals surface area contributed by atoms with Gasteiger partial charge in [-0.25, -0.2) is 17.2 Å². The molecule has 31 heavy (non-hydrogen) atoms. The first kappa shape index (κ1) is 22.5. The number of aromatic nitrogens is 3. The molecular weight excluding hydrogens is 428 g/mol. The molecule has 0 radical (unpaired) electrons. The van der Waals surface area contributed by atoms with E-state index in [4.69, 9.17) is 4.74 Å². The van der Waals surface area contributed by atoms with Crippen molar-refractivity contribution in [1.29, 1.82) is 0 Å². The molecule has 0 saturated carbocycles. The molecule has 0 amide bonds. The Hall–Kier alpha value is -3.14. The van der Waals surface area contributed by atoms with E-state index in [0.29, 0.717) is 12.0 Å². The number of hydrogen-bond donors (Lipinski definition) is 0. The average Bonchev–Trinajstić information content (AvgIpc) is 2.71. The molecule has 2 heterocycles. The first-order valence-electron chi connectivity index (χ1n) is 9.49. The molecule has 0 aliphatic rings. The van der Waals surface area contributed by atoms with Gasteiger partial charge in [0.15, 0.2) is 21.5 Å². The second-order valence-corrected chi connectivity index (χ2v) is 9.49. The molecule has 0 unspecified atom stereocenters. The van der Waals surface area contributed by atoms with E-state index >= 15 is 0 Å². The smallest absolute Gasteiger partial charge is 0.322 e. The van der Waals surface area contributed by atoms with E-state index in [9.17, 15) is 22.0 Å². The van der Waals surface area contributed by atoms with Crippen molar-refractivity contribution < 1.29 is 21.9 Å². The maximum Gasteiger partial charge on any atom is 0.322 e. The molecule has 1 aromatic carbocycles. The molecule has 10 heteroatoms. The fourth-order valence-corrected chi connectivity index (χ4v) is 4.11. The van der Waals surface area contributed by atoms with Gasteiger partial charge < -0.3 is 9.30 Å². The van der Waals surface area contributed by atoms with Gasteiger partial charge in [-0.3, -0.25) is 4.79 Å². The van der Waals surface area contributed by atoms with Gasteiger partial charge in [-0.05, 0) is 37.6 Å². The van der Waals surface area contributed by atoms with Crippen molar-refractivity contribution in [3.63, 3.8) is 0 Å². The Bertz CT molecular complexity index is 1260. The number of benzene rings is 1. The Balaban J connectivity index is 2.11. The zero-order chi connectivity index (χ0) is 22.8. The van der Waals surface area contributed by atoms with Crippen molar-refractivity contribution in [3.05, 3.63) is 70.3 Å². The largest absolute Gasteiger partial charge is 0.418 e. The lowest BCUT2D eigenvalue weighted by Gasteiger charge is -2.13. The van der Waals surface area contributed by atoms with Crippen LogP contribution in [0.1, 0.15) is 26.0 Å². The van der Waals surface area contributed by atoms with E-state index < -0.39 is 44.2 Å². The number of hydrogen-bond acceptors (Lipinski definition) is 6. The number of ether oxygens (including phenoxy) is 1.